The number of nitrogens with zero attached hydrogens (tertiary/aromatic N) is 2. The number of nitrogens with two attached hydrogens (primary N) is 1. The van der Waals surface area contributed by atoms with Crippen LogP contribution in [0.4, 0.5) is 0 Å². The van der Waals surface area contributed by atoms with Gasteiger partial charge in [0.1, 0.15) is 0 Å². The molecule has 4 nitrogen and oxygen atoms in total. The van der Waals surface area contributed by atoms with Crippen molar-refractivity contribution in [3.05, 3.63) is 35.0 Å². The highest BCUT2D eigenvalue weighted by atomic mass is 15.2. The number of rotatable bonds is 7. The van der Waals surface area contributed by atoms with Crippen molar-refractivity contribution in [3.63, 3.8) is 0 Å². The predicted octanol–water partition coefficient (Wildman–Crippen LogP) is 2.44. The second-order valence-corrected chi connectivity index (χ2v) is 7.11. The smallest absolute Gasteiger partial charge is 0.0515 e. The molecule has 1 saturated heterocycles. The number of fused-ring (bicyclic) bond motifs is 1. The van der Waals surface area contributed by atoms with Crippen LogP contribution < -0.4 is 11.1 Å². The van der Waals surface area contributed by atoms with Gasteiger partial charge in [-0.1, -0.05) is 12.1 Å². The third kappa shape index (κ3) is 3.82. The molecule has 0 unspecified atom stereocenters. The van der Waals surface area contributed by atoms with Gasteiger partial charge in [-0.15, -0.1) is 0 Å². The number of aromatic nitrogens is 1. The molecule has 0 amide bonds. The lowest BCUT2D eigenvalue weighted by atomic mass is 10.0. The summed E-state index contributed by atoms with van der Waals surface area (Å²) in [5.74, 6) is 0. The van der Waals surface area contributed by atoms with E-state index in [0.29, 0.717) is 0 Å². The number of benzene rings is 1. The summed E-state index contributed by atoms with van der Waals surface area (Å²) in [6.45, 7) is 12.1. The van der Waals surface area contributed by atoms with Gasteiger partial charge in [0.2, 0.25) is 0 Å². The first kappa shape index (κ1) is 17.5. The molecule has 0 bridgehead atoms. The third-order valence-electron chi connectivity index (χ3n) is 5.24. The van der Waals surface area contributed by atoms with Gasteiger partial charge in [0.15, 0.2) is 0 Å². The van der Waals surface area contributed by atoms with Crippen molar-refractivity contribution in [1.29, 1.82) is 0 Å². The minimum absolute atomic E-state index is 0.753. The maximum absolute atomic E-state index is 5.73. The second kappa shape index (κ2) is 8.15. The second-order valence-electron chi connectivity index (χ2n) is 7.11. The Labute approximate surface area is 146 Å². The molecule has 24 heavy (non-hydrogen) atoms. The van der Waals surface area contributed by atoms with Gasteiger partial charge >= 0.3 is 0 Å². The zero-order chi connectivity index (χ0) is 16.9. The van der Waals surface area contributed by atoms with Gasteiger partial charge in [-0.25, -0.2) is 0 Å². The summed E-state index contributed by atoms with van der Waals surface area (Å²) in [6.07, 6.45) is 5.83. The van der Waals surface area contributed by atoms with Gasteiger partial charge in [-0.3, -0.25) is 0 Å². The molecule has 1 aromatic heterocycles. The van der Waals surface area contributed by atoms with Crippen LogP contribution >= 0.6 is 0 Å². The Bertz CT molecular complexity index is 668. The Morgan fingerprint density at radius 3 is 2.54 bits per heavy atom. The van der Waals surface area contributed by atoms with Gasteiger partial charge in [-0.2, -0.15) is 0 Å². The summed E-state index contributed by atoms with van der Waals surface area (Å²) in [4.78, 5) is 2.59. The first-order valence-electron chi connectivity index (χ1n) is 9.41. The van der Waals surface area contributed by atoms with Gasteiger partial charge < -0.3 is 20.5 Å². The van der Waals surface area contributed by atoms with Crippen molar-refractivity contribution >= 4 is 10.9 Å². The monoisotopic (exact) mass is 328 g/mol. The fourth-order valence-corrected chi connectivity index (χ4v) is 3.94. The summed E-state index contributed by atoms with van der Waals surface area (Å²) in [5.41, 5.74) is 11.4. The van der Waals surface area contributed by atoms with Crippen LogP contribution in [0.2, 0.25) is 0 Å². The van der Waals surface area contributed by atoms with Gasteiger partial charge in [-0.05, 0) is 62.9 Å². The van der Waals surface area contributed by atoms with E-state index in [1.807, 2.05) is 0 Å². The van der Waals surface area contributed by atoms with Crippen LogP contribution in [0.3, 0.4) is 0 Å². The van der Waals surface area contributed by atoms with Crippen molar-refractivity contribution in [2.45, 2.75) is 39.7 Å². The van der Waals surface area contributed by atoms with E-state index in [1.54, 1.807) is 0 Å². The molecule has 0 atom stereocenters. The van der Waals surface area contributed by atoms with E-state index in [2.05, 4.69) is 47.0 Å². The molecule has 4 heteroatoms. The summed E-state index contributed by atoms with van der Waals surface area (Å²) in [5, 5.41) is 4.91. The predicted molar refractivity (Wildman–Crippen MR) is 103 cm³/mol. The van der Waals surface area contributed by atoms with Crippen LogP contribution in [0, 0.1) is 13.8 Å². The summed E-state index contributed by atoms with van der Waals surface area (Å²) >= 11 is 0. The minimum Gasteiger partial charge on any atom is -0.347 e. The van der Waals surface area contributed by atoms with E-state index in [0.717, 1.165) is 32.6 Å². The van der Waals surface area contributed by atoms with Crippen LogP contribution in [0.5, 0.6) is 0 Å². The fraction of sp³-hybridized carbons (Fsp3) is 0.600. The molecule has 0 spiro atoms. The molecule has 3 rings (SSSR count). The van der Waals surface area contributed by atoms with E-state index >= 15 is 0 Å². The lowest BCUT2D eigenvalue weighted by molar-refractivity contribution is 0.238. The highest BCUT2D eigenvalue weighted by Crippen LogP contribution is 2.29. The van der Waals surface area contributed by atoms with Crippen molar-refractivity contribution in [2.24, 2.45) is 5.73 Å². The van der Waals surface area contributed by atoms with Gasteiger partial charge in [0, 0.05) is 44.3 Å². The third-order valence-corrected chi connectivity index (χ3v) is 5.24. The maximum atomic E-state index is 5.73. The van der Waals surface area contributed by atoms with E-state index in [1.165, 1.54) is 60.1 Å². The van der Waals surface area contributed by atoms with E-state index in [9.17, 15) is 0 Å². The van der Waals surface area contributed by atoms with Gasteiger partial charge in [0.05, 0.1) is 5.52 Å². The van der Waals surface area contributed by atoms with Crippen LogP contribution in [0.15, 0.2) is 18.3 Å². The number of nitrogens with one attached hydrogen (secondary N) is 1. The maximum Gasteiger partial charge on any atom is 0.0515 e. The topological polar surface area (TPSA) is 46.2 Å². The highest BCUT2D eigenvalue weighted by Gasteiger charge is 2.14. The number of hydrogen-bond donors (Lipinski definition) is 2. The van der Waals surface area contributed by atoms with Crippen LogP contribution in [-0.2, 0) is 13.0 Å². The Morgan fingerprint density at radius 1 is 1.04 bits per heavy atom. The minimum atomic E-state index is 0.753. The Balaban J connectivity index is 1.77. The van der Waals surface area contributed by atoms with Crippen molar-refractivity contribution in [3.8, 4) is 0 Å². The molecule has 1 aromatic carbocycles. The van der Waals surface area contributed by atoms with Crippen LogP contribution in [0.25, 0.3) is 10.9 Å². The molecule has 1 fully saturated rings. The largest absolute Gasteiger partial charge is 0.347 e. The van der Waals surface area contributed by atoms with Crippen molar-refractivity contribution in [2.75, 3.05) is 39.3 Å². The fourth-order valence-electron chi connectivity index (χ4n) is 3.94. The molecule has 132 valence electrons. The van der Waals surface area contributed by atoms with Crippen LogP contribution in [-0.4, -0.2) is 48.7 Å². The average Bonchev–Trinajstić information content (AvgIpc) is 2.97. The van der Waals surface area contributed by atoms with Gasteiger partial charge in [0.25, 0.3) is 0 Å². The molecule has 0 saturated carbocycles. The first-order valence-corrected chi connectivity index (χ1v) is 9.41. The quantitative estimate of drug-likeness (QED) is 0.821. The highest BCUT2D eigenvalue weighted by molar-refractivity contribution is 5.89. The molecule has 1 aliphatic rings. The standard InChI is InChI=1S/C20H32N4/c1-16-6-7-17(2)20-19(16)18(15-24(20)12-4-8-21)5-3-11-23-13-9-22-10-14-23/h6-7,15,22H,3-5,8-14,21H2,1-2H3. The van der Waals surface area contributed by atoms with E-state index in [-0.39, 0.29) is 0 Å². The average molecular weight is 329 g/mol. The molecule has 3 N–H and O–H groups in total. The molecule has 1 aliphatic heterocycles. The number of piperazine rings is 1. The lowest BCUT2D eigenvalue weighted by Gasteiger charge is -2.27. The van der Waals surface area contributed by atoms with Crippen LogP contribution in [0.1, 0.15) is 29.5 Å². The molecular formula is C20H32N4. The van der Waals surface area contributed by atoms with E-state index in [4.69, 9.17) is 5.73 Å². The number of hydrogen-bond acceptors (Lipinski definition) is 3. The van der Waals surface area contributed by atoms with Crippen molar-refractivity contribution in [1.82, 2.24) is 14.8 Å². The lowest BCUT2D eigenvalue weighted by Crippen LogP contribution is -2.43. The zero-order valence-electron chi connectivity index (χ0n) is 15.3. The number of aryl methyl sites for hydroxylation is 4. The summed E-state index contributed by atoms with van der Waals surface area (Å²) < 4.78 is 2.44. The molecule has 2 heterocycles. The SMILES string of the molecule is Cc1ccc(C)c2c1c(CCCN1CCNCC1)cn2CCCN. The normalized spacial score (nSPS) is 16.1. The Morgan fingerprint density at radius 2 is 1.79 bits per heavy atom. The summed E-state index contributed by atoms with van der Waals surface area (Å²) in [7, 11) is 0. The van der Waals surface area contributed by atoms with Crippen molar-refractivity contribution < 1.29 is 0 Å². The molecule has 0 radical (unpaired) electrons. The molecule has 0 aliphatic carbocycles. The first-order chi connectivity index (χ1) is 11.7. The zero-order valence-corrected chi connectivity index (χ0v) is 15.3. The Hall–Kier alpha value is -1.36. The van der Waals surface area contributed by atoms with E-state index < -0.39 is 0 Å². The molecular weight excluding hydrogens is 296 g/mol. The summed E-state index contributed by atoms with van der Waals surface area (Å²) in [6, 6.07) is 4.52. The Kier molecular flexibility index (Phi) is 5.93. The molecule has 2 aromatic rings.